The quantitative estimate of drug-likeness (QED) is 0.576. The van der Waals surface area contributed by atoms with Gasteiger partial charge in [0.25, 0.3) is 0 Å². The minimum absolute atomic E-state index is 0.406. The Morgan fingerprint density at radius 2 is 2.19 bits per heavy atom. The third-order valence-corrected chi connectivity index (χ3v) is 4.47. The SMILES string of the molecule is c1cncc(Cn2ccc3ncc(Nc4cc(C5COC5)[nH]n4)nc32)c1. The monoisotopic (exact) mass is 347 g/mol. The molecule has 130 valence electrons. The Balaban J connectivity index is 1.40. The summed E-state index contributed by atoms with van der Waals surface area (Å²) in [7, 11) is 0. The maximum Gasteiger partial charge on any atom is 0.161 e. The Morgan fingerprint density at radius 3 is 3.00 bits per heavy atom. The molecular formula is C18H17N7O. The van der Waals surface area contributed by atoms with Crippen LogP contribution in [0.1, 0.15) is 17.2 Å². The molecule has 0 aromatic carbocycles. The van der Waals surface area contributed by atoms with Gasteiger partial charge in [0, 0.05) is 36.3 Å². The standard InChI is InChI=1S/C18H17N7O/c1-2-12(7-19-4-1)9-25-5-3-14-18(25)22-17(8-20-14)21-16-6-15(23-24-16)13-10-26-11-13/h1-8,13H,9-11H2,(H2,21,22,23,24). The maximum absolute atomic E-state index is 5.22. The highest BCUT2D eigenvalue weighted by molar-refractivity contribution is 5.73. The molecule has 4 aromatic heterocycles. The zero-order valence-electron chi connectivity index (χ0n) is 14.0. The Hall–Kier alpha value is -3.26. The smallest absolute Gasteiger partial charge is 0.161 e. The molecule has 8 heteroatoms. The fourth-order valence-corrected chi connectivity index (χ4v) is 2.98. The molecule has 8 nitrogen and oxygen atoms in total. The molecule has 0 unspecified atom stereocenters. The van der Waals surface area contributed by atoms with Crippen molar-refractivity contribution in [1.82, 2.24) is 29.7 Å². The first-order valence-corrected chi connectivity index (χ1v) is 8.46. The summed E-state index contributed by atoms with van der Waals surface area (Å²) in [6.07, 6.45) is 7.34. The number of hydrogen-bond donors (Lipinski definition) is 2. The highest BCUT2D eigenvalue weighted by atomic mass is 16.5. The highest BCUT2D eigenvalue weighted by Crippen LogP contribution is 2.25. The van der Waals surface area contributed by atoms with Gasteiger partial charge in [-0.25, -0.2) is 9.97 Å². The van der Waals surface area contributed by atoms with E-state index in [-0.39, 0.29) is 0 Å². The van der Waals surface area contributed by atoms with Gasteiger partial charge in [-0.2, -0.15) is 5.10 Å². The largest absolute Gasteiger partial charge is 0.380 e. The summed E-state index contributed by atoms with van der Waals surface area (Å²) in [5.41, 5.74) is 3.87. The summed E-state index contributed by atoms with van der Waals surface area (Å²) in [5.74, 6) is 1.79. The summed E-state index contributed by atoms with van der Waals surface area (Å²) < 4.78 is 7.28. The van der Waals surface area contributed by atoms with Crippen molar-refractivity contribution in [2.24, 2.45) is 0 Å². The van der Waals surface area contributed by atoms with E-state index in [0.717, 1.165) is 41.5 Å². The first-order chi connectivity index (χ1) is 12.8. The Bertz CT molecular complexity index is 1040. The summed E-state index contributed by atoms with van der Waals surface area (Å²) in [5, 5.41) is 10.6. The van der Waals surface area contributed by atoms with E-state index in [1.807, 2.05) is 36.7 Å². The average molecular weight is 347 g/mol. The number of aromatic amines is 1. The van der Waals surface area contributed by atoms with E-state index >= 15 is 0 Å². The van der Waals surface area contributed by atoms with Gasteiger partial charge < -0.3 is 14.6 Å². The minimum atomic E-state index is 0.406. The topological polar surface area (TPSA) is 93.5 Å². The van der Waals surface area contributed by atoms with Crippen LogP contribution < -0.4 is 5.32 Å². The van der Waals surface area contributed by atoms with E-state index in [0.29, 0.717) is 18.3 Å². The third kappa shape index (κ3) is 2.80. The number of nitrogens with zero attached hydrogens (tertiary/aromatic N) is 5. The van der Waals surface area contributed by atoms with Crippen molar-refractivity contribution in [3.05, 3.63) is 60.3 Å². The molecule has 0 amide bonds. The Morgan fingerprint density at radius 1 is 1.23 bits per heavy atom. The van der Waals surface area contributed by atoms with Gasteiger partial charge >= 0.3 is 0 Å². The lowest BCUT2D eigenvalue weighted by Gasteiger charge is -2.24. The molecule has 0 saturated carbocycles. The summed E-state index contributed by atoms with van der Waals surface area (Å²) >= 11 is 0. The Kier molecular flexibility index (Phi) is 3.60. The number of nitrogens with one attached hydrogen (secondary N) is 2. The van der Waals surface area contributed by atoms with Gasteiger partial charge in [0.05, 0.1) is 26.0 Å². The van der Waals surface area contributed by atoms with Crippen LogP contribution in [0.25, 0.3) is 11.2 Å². The van der Waals surface area contributed by atoms with Gasteiger partial charge in [0.2, 0.25) is 0 Å². The van der Waals surface area contributed by atoms with Crippen molar-refractivity contribution in [2.75, 3.05) is 18.5 Å². The number of ether oxygens (including phenoxy) is 1. The molecule has 26 heavy (non-hydrogen) atoms. The second kappa shape index (κ2) is 6.23. The van der Waals surface area contributed by atoms with E-state index in [4.69, 9.17) is 9.72 Å². The van der Waals surface area contributed by atoms with E-state index in [9.17, 15) is 0 Å². The molecule has 2 N–H and O–H groups in total. The maximum atomic E-state index is 5.22. The van der Waals surface area contributed by atoms with Gasteiger partial charge in [-0.05, 0) is 17.7 Å². The van der Waals surface area contributed by atoms with Crippen molar-refractivity contribution < 1.29 is 4.74 Å². The number of anilines is 2. The second-order valence-electron chi connectivity index (χ2n) is 6.34. The van der Waals surface area contributed by atoms with E-state index < -0.39 is 0 Å². The number of rotatable bonds is 5. The first-order valence-electron chi connectivity index (χ1n) is 8.46. The van der Waals surface area contributed by atoms with Crippen molar-refractivity contribution in [3.63, 3.8) is 0 Å². The van der Waals surface area contributed by atoms with Gasteiger partial charge in [-0.1, -0.05) is 6.07 Å². The fraction of sp³-hybridized carbons (Fsp3) is 0.222. The van der Waals surface area contributed by atoms with Crippen molar-refractivity contribution in [1.29, 1.82) is 0 Å². The van der Waals surface area contributed by atoms with Crippen molar-refractivity contribution >= 4 is 22.8 Å². The molecule has 0 radical (unpaired) electrons. The molecule has 1 fully saturated rings. The zero-order valence-corrected chi connectivity index (χ0v) is 14.0. The molecule has 0 atom stereocenters. The average Bonchev–Trinajstić information content (AvgIpc) is 3.22. The number of fused-ring (bicyclic) bond motifs is 1. The zero-order chi connectivity index (χ0) is 17.3. The summed E-state index contributed by atoms with van der Waals surface area (Å²) in [4.78, 5) is 13.4. The molecule has 4 aromatic rings. The number of pyridine rings is 1. The van der Waals surface area contributed by atoms with Gasteiger partial charge in [0.15, 0.2) is 17.3 Å². The van der Waals surface area contributed by atoms with Crippen LogP contribution in [0.2, 0.25) is 0 Å². The van der Waals surface area contributed by atoms with E-state index in [1.165, 1.54) is 0 Å². The lowest BCUT2D eigenvalue weighted by Crippen LogP contribution is -2.25. The van der Waals surface area contributed by atoms with Crippen LogP contribution in [0.5, 0.6) is 0 Å². The molecule has 0 spiro atoms. The molecule has 1 saturated heterocycles. The van der Waals surface area contributed by atoms with Crippen molar-refractivity contribution in [2.45, 2.75) is 12.5 Å². The summed E-state index contributed by atoms with van der Waals surface area (Å²) in [6.45, 7) is 2.19. The molecule has 1 aliphatic rings. The lowest BCUT2D eigenvalue weighted by atomic mass is 10.0. The summed E-state index contributed by atoms with van der Waals surface area (Å²) in [6, 6.07) is 7.94. The normalized spacial score (nSPS) is 14.5. The highest BCUT2D eigenvalue weighted by Gasteiger charge is 2.22. The second-order valence-corrected chi connectivity index (χ2v) is 6.34. The molecule has 5 rings (SSSR count). The van der Waals surface area contributed by atoms with Crippen LogP contribution in [-0.2, 0) is 11.3 Å². The fourth-order valence-electron chi connectivity index (χ4n) is 2.98. The number of hydrogen-bond acceptors (Lipinski definition) is 6. The molecule has 0 aliphatic carbocycles. The predicted octanol–water partition coefficient (Wildman–Crippen LogP) is 2.46. The van der Waals surface area contributed by atoms with E-state index in [2.05, 4.69) is 30.0 Å². The van der Waals surface area contributed by atoms with Crippen LogP contribution >= 0.6 is 0 Å². The van der Waals surface area contributed by atoms with Crippen LogP contribution in [-0.4, -0.2) is 42.9 Å². The van der Waals surface area contributed by atoms with Crippen molar-refractivity contribution in [3.8, 4) is 0 Å². The third-order valence-electron chi connectivity index (χ3n) is 4.47. The van der Waals surface area contributed by atoms with Gasteiger partial charge in [-0.3, -0.25) is 10.1 Å². The molecule has 1 aliphatic heterocycles. The van der Waals surface area contributed by atoms with Crippen LogP contribution in [0.3, 0.4) is 0 Å². The molecular weight excluding hydrogens is 330 g/mol. The predicted molar refractivity (Wildman–Crippen MR) is 96.3 cm³/mol. The first kappa shape index (κ1) is 15.0. The van der Waals surface area contributed by atoms with E-state index in [1.54, 1.807) is 12.4 Å². The van der Waals surface area contributed by atoms with Crippen LogP contribution in [0.15, 0.2) is 49.1 Å². The number of H-pyrrole nitrogens is 1. The Labute approximate surface area is 149 Å². The molecule has 0 bridgehead atoms. The minimum Gasteiger partial charge on any atom is -0.380 e. The van der Waals surface area contributed by atoms with Crippen LogP contribution in [0, 0.1) is 0 Å². The van der Waals surface area contributed by atoms with Gasteiger partial charge in [-0.15, -0.1) is 0 Å². The number of aromatic nitrogens is 6. The van der Waals surface area contributed by atoms with Crippen LogP contribution in [0.4, 0.5) is 11.6 Å². The van der Waals surface area contributed by atoms with Gasteiger partial charge in [0.1, 0.15) is 5.52 Å². The molecule has 5 heterocycles. The lowest BCUT2D eigenvalue weighted by molar-refractivity contribution is 0.00670.